The number of halogens is 1. The van der Waals surface area contributed by atoms with Crippen LogP contribution in [-0.2, 0) is 13.1 Å². The van der Waals surface area contributed by atoms with E-state index in [1.165, 1.54) is 10.6 Å². The van der Waals surface area contributed by atoms with Crippen LogP contribution in [0.3, 0.4) is 0 Å². The van der Waals surface area contributed by atoms with Crippen LogP contribution in [-0.4, -0.2) is 46.1 Å². The number of nitrogens with one attached hydrogen (secondary N) is 1. The molecule has 0 aliphatic heterocycles. The summed E-state index contributed by atoms with van der Waals surface area (Å²) in [5.41, 5.74) is 4.22. The highest BCUT2D eigenvalue weighted by Crippen LogP contribution is 2.69. The van der Waals surface area contributed by atoms with E-state index in [-0.39, 0.29) is 11.0 Å². The largest absolute Gasteiger partial charge is 0.312 e. The number of rotatable bonds is 8. The van der Waals surface area contributed by atoms with Crippen LogP contribution in [0.5, 0.6) is 0 Å². The van der Waals surface area contributed by atoms with Crippen molar-refractivity contribution >= 4 is 5.65 Å². The Bertz CT molecular complexity index is 1670. The summed E-state index contributed by atoms with van der Waals surface area (Å²) in [6.45, 7) is 2.10. The van der Waals surface area contributed by atoms with Crippen molar-refractivity contribution in [3.8, 4) is 16.9 Å². The van der Waals surface area contributed by atoms with Crippen molar-refractivity contribution in [2.45, 2.75) is 38.0 Å². The predicted octanol–water partition coefficient (Wildman–Crippen LogP) is 3.17. The molecule has 0 atom stereocenters. The van der Waals surface area contributed by atoms with Gasteiger partial charge in [-0.3, -0.25) is 14.3 Å². The lowest BCUT2D eigenvalue weighted by molar-refractivity contribution is -0.209. The number of aromatic nitrogens is 7. The second kappa shape index (κ2) is 8.17. The van der Waals surface area contributed by atoms with Gasteiger partial charge in [-0.1, -0.05) is 17.3 Å². The Labute approximate surface area is 211 Å². The quantitative estimate of drug-likeness (QED) is 0.355. The number of hydrogen-bond acceptors (Lipinski definition) is 6. The van der Waals surface area contributed by atoms with Gasteiger partial charge in [-0.25, -0.2) is 14.1 Å². The normalized spacial score (nSPS) is 22.1. The van der Waals surface area contributed by atoms with Crippen LogP contribution in [0.15, 0.2) is 78.4 Å². The Morgan fingerprint density at radius 2 is 1.95 bits per heavy atom. The van der Waals surface area contributed by atoms with Gasteiger partial charge in [-0.05, 0) is 48.4 Å². The monoisotopic (exact) mass is 496 g/mol. The fourth-order valence-electron chi connectivity index (χ4n) is 5.81. The van der Waals surface area contributed by atoms with Crippen molar-refractivity contribution in [2.75, 3.05) is 6.54 Å². The molecule has 5 aromatic heterocycles. The lowest BCUT2D eigenvalue weighted by atomic mass is 9.42. The Morgan fingerprint density at radius 3 is 2.78 bits per heavy atom. The van der Waals surface area contributed by atoms with E-state index in [4.69, 9.17) is 4.98 Å². The molecule has 9 nitrogen and oxygen atoms in total. The molecule has 1 N–H and O–H groups in total. The van der Waals surface area contributed by atoms with Crippen LogP contribution in [0.1, 0.15) is 30.5 Å². The second-order valence-corrected chi connectivity index (χ2v) is 10.5. The number of hydrogen-bond donors (Lipinski definition) is 1. The molecule has 2 bridgehead atoms. The van der Waals surface area contributed by atoms with Crippen molar-refractivity contribution in [2.24, 2.45) is 5.41 Å². The Kier molecular flexibility index (Phi) is 4.87. The van der Waals surface area contributed by atoms with Gasteiger partial charge in [0.15, 0.2) is 0 Å². The average molecular weight is 497 g/mol. The Hall–Kier alpha value is -4.18. The fraction of sp³-hybridized carbons (Fsp3) is 0.296. The molecule has 0 unspecified atom stereocenters. The topological polar surface area (TPSA) is 94.9 Å². The van der Waals surface area contributed by atoms with Crippen molar-refractivity contribution < 1.29 is 4.39 Å². The van der Waals surface area contributed by atoms with E-state index < -0.39 is 5.67 Å². The van der Waals surface area contributed by atoms with Crippen LogP contribution in [0.2, 0.25) is 0 Å². The molecule has 3 aliphatic rings. The zero-order valence-corrected chi connectivity index (χ0v) is 20.1. The molecule has 0 saturated heterocycles. The highest BCUT2D eigenvalue weighted by molar-refractivity contribution is 5.59. The van der Waals surface area contributed by atoms with Gasteiger partial charge >= 0.3 is 0 Å². The smallest absolute Gasteiger partial charge is 0.255 e. The molecule has 5 aromatic rings. The first-order chi connectivity index (χ1) is 18.0. The molecular weight excluding hydrogens is 471 g/mol. The summed E-state index contributed by atoms with van der Waals surface area (Å²) in [6.07, 6.45) is 13.1. The average Bonchev–Trinajstić information content (AvgIpc) is 3.49. The minimum absolute atomic E-state index is 0.125. The van der Waals surface area contributed by atoms with Crippen LogP contribution in [0.4, 0.5) is 4.39 Å². The van der Waals surface area contributed by atoms with Crippen LogP contribution >= 0.6 is 0 Å². The fourth-order valence-corrected chi connectivity index (χ4v) is 5.81. The van der Waals surface area contributed by atoms with E-state index in [1.54, 1.807) is 35.4 Å². The zero-order chi connectivity index (χ0) is 25.0. The van der Waals surface area contributed by atoms with Gasteiger partial charge in [-0.15, -0.1) is 5.10 Å². The van der Waals surface area contributed by atoms with E-state index >= 15 is 0 Å². The van der Waals surface area contributed by atoms with Gasteiger partial charge in [0, 0.05) is 49.5 Å². The Balaban J connectivity index is 1.03. The molecule has 3 aliphatic carbocycles. The SMILES string of the molecule is O=c1ccccn1-c1cncc(-c2cn(Cc3cn4cc(CNCC56CC(F)(C5)C6)ccc4n3)nn2)c1. The van der Waals surface area contributed by atoms with E-state index in [2.05, 4.69) is 32.9 Å². The summed E-state index contributed by atoms with van der Waals surface area (Å²) in [6, 6.07) is 11.0. The van der Waals surface area contributed by atoms with Crippen molar-refractivity contribution in [3.63, 3.8) is 0 Å². The van der Waals surface area contributed by atoms with Crippen LogP contribution in [0.25, 0.3) is 22.6 Å². The third-order valence-corrected chi connectivity index (χ3v) is 7.45. The number of fused-ring (bicyclic) bond motifs is 1. The highest BCUT2D eigenvalue weighted by Gasteiger charge is 2.68. The van der Waals surface area contributed by atoms with Gasteiger partial charge in [-0.2, -0.15) is 0 Å². The summed E-state index contributed by atoms with van der Waals surface area (Å²) in [5, 5.41) is 12.1. The van der Waals surface area contributed by atoms with Gasteiger partial charge in [0.2, 0.25) is 0 Å². The second-order valence-electron chi connectivity index (χ2n) is 10.5. The molecule has 0 amide bonds. The molecule has 5 heterocycles. The lowest BCUT2D eigenvalue weighted by Gasteiger charge is -2.66. The molecular formula is C27H25FN8O. The minimum Gasteiger partial charge on any atom is -0.312 e. The maximum atomic E-state index is 13.7. The summed E-state index contributed by atoms with van der Waals surface area (Å²) < 4.78 is 19.0. The molecule has 0 spiro atoms. The first-order valence-corrected chi connectivity index (χ1v) is 12.4. The van der Waals surface area contributed by atoms with Crippen molar-refractivity contribution in [3.05, 3.63) is 95.2 Å². The predicted molar refractivity (Wildman–Crippen MR) is 135 cm³/mol. The molecule has 3 saturated carbocycles. The van der Waals surface area contributed by atoms with E-state index in [1.807, 2.05) is 28.9 Å². The highest BCUT2D eigenvalue weighted by atomic mass is 19.1. The summed E-state index contributed by atoms with van der Waals surface area (Å²) in [5.74, 6) is 0. The van der Waals surface area contributed by atoms with Crippen molar-refractivity contribution in [1.82, 2.24) is 39.2 Å². The molecule has 8 rings (SSSR count). The molecule has 0 radical (unpaired) electrons. The first-order valence-electron chi connectivity index (χ1n) is 12.4. The van der Waals surface area contributed by atoms with Gasteiger partial charge in [0.25, 0.3) is 5.56 Å². The summed E-state index contributed by atoms with van der Waals surface area (Å²) >= 11 is 0. The van der Waals surface area contributed by atoms with Gasteiger partial charge in [0.1, 0.15) is 17.0 Å². The van der Waals surface area contributed by atoms with E-state index in [0.29, 0.717) is 17.9 Å². The van der Waals surface area contributed by atoms with Gasteiger partial charge in [0.05, 0.1) is 30.3 Å². The number of pyridine rings is 3. The molecule has 10 heteroatoms. The van der Waals surface area contributed by atoms with E-state index in [0.717, 1.165) is 54.8 Å². The third kappa shape index (κ3) is 4.03. The zero-order valence-electron chi connectivity index (χ0n) is 20.1. The Morgan fingerprint density at radius 1 is 1.05 bits per heavy atom. The molecule has 3 fully saturated rings. The van der Waals surface area contributed by atoms with Gasteiger partial charge < -0.3 is 9.72 Å². The number of alkyl halides is 1. The molecule has 37 heavy (non-hydrogen) atoms. The summed E-state index contributed by atoms with van der Waals surface area (Å²) in [7, 11) is 0. The standard InChI is InChI=1S/C27H25FN8O/c28-27-15-26(16-27,17-27)18-30-8-19-4-5-24-31-21(12-34(24)11-19)13-35-14-23(32-33-35)20-7-22(10-29-9-20)36-6-2-1-3-25(36)37/h1-7,9-12,14,30H,8,13,15-18H2. The molecule has 0 aromatic carbocycles. The molecule has 186 valence electrons. The first kappa shape index (κ1) is 22.1. The third-order valence-electron chi connectivity index (χ3n) is 7.45. The number of nitrogens with zero attached hydrogens (tertiary/aromatic N) is 7. The summed E-state index contributed by atoms with van der Waals surface area (Å²) in [4.78, 5) is 21.2. The maximum Gasteiger partial charge on any atom is 0.255 e. The number of imidazole rings is 1. The lowest BCUT2D eigenvalue weighted by Crippen LogP contribution is -2.67. The van der Waals surface area contributed by atoms with Crippen LogP contribution < -0.4 is 10.9 Å². The van der Waals surface area contributed by atoms with E-state index in [9.17, 15) is 9.18 Å². The minimum atomic E-state index is -0.845. The maximum absolute atomic E-state index is 13.7. The van der Waals surface area contributed by atoms with Crippen molar-refractivity contribution in [1.29, 1.82) is 0 Å². The van der Waals surface area contributed by atoms with Crippen LogP contribution in [0, 0.1) is 5.41 Å².